The molecule has 1 aromatic carbocycles. The van der Waals surface area contributed by atoms with Gasteiger partial charge in [0.15, 0.2) is 6.39 Å². The van der Waals surface area contributed by atoms with E-state index in [0.717, 1.165) is 0 Å². The van der Waals surface area contributed by atoms with Crippen molar-refractivity contribution >= 4 is 23.3 Å². The molecule has 0 aliphatic heterocycles. The topological polar surface area (TPSA) is 110 Å². The molecule has 20 heavy (non-hydrogen) atoms. The molecule has 1 heterocycles. The number of rotatable bonds is 3. The van der Waals surface area contributed by atoms with E-state index < -0.39 is 11.9 Å². The monoisotopic (exact) mass is 275 g/mol. The van der Waals surface area contributed by atoms with E-state index in [1.807, 2.05) is 0 Å². The molecule has 0 saturated carbocycles. The van der Waals surface area contributed by atoms with Gasteiger partial charge in [0.2, 0.25) is 5.76 Å². The van der Waals surface area contributed by atoms with Crippen LogP contribution >= 0.6 is 0 Å². The number of carboxylic acid groups (broad SMARTS) is 1. The van der Waals surface area contributed by atoms with Crippen molar-refractivity contribution in [1.29, 1.82) is 0 Å². The lowest BCUT2D eigenvalue weighted by Crippen LogP contribution is -2.27. The Morgan fingerprint density at radius 1 is 1.40 bits per heavy atom. The maximum Gasteiger partial charge on any atom is 0.335 e. The summed E-state index contributed by atoms with van der Waals surface area (Å²) in [7, 11) is 1.52. The standard InChI is InChI=1S/C13H13N3O4/c1-7-11(20-6-15-7)12(17)16(2)10-4-3-8(13(18)19)5-9(10)14/h3-6H,14H2,1-2H3,(H,18,19). The Bertz CT molecular complexity index is 678. The van der Waals surface area contributed by atoms with Crippen molar-refractivity contribution in [2.45, 2.75) is 6.92 Å². The highest BCUT2D eigenvalue weighted by Crippen LogP contribution is 2.25. The van der Waals surface area contributed by atoms with E-state index in [9.17, 15) is 9.59 Å². The van der Waals surface area contributed by atoms with Gasteiger partial charge in [-0.05, 0) is 25.1 Å². The first kappa shape index (κ1) is 13.6. The molecule has 0 unspecified atom stereocenters. The molecule has 0 bridgehead atoms. The van der Waals surface area contributed by atoms with Gasteiger partial charge in [-0.25, -0.2) is 9.78 Å². The minimum Gasteiger partial charge on any atom is -0.478 e. The van der Waals surface area contributed by atoms with Crippen LogP contribution < -0.4 is 10.6 Å². The average Bonchev–Trinajstić information content (AvgIpc) is 2.83. The number of oxazole rings is 1. The Balaban J connectivity index is 2.34. The Morgan fingerprint density at radius 3 is 2.60 bits per heavy atom. The van der Waals surface area contributed by atoms with E-state index in [1.54, 1.807) is 6.92 Å². The van der Waals surface area contributed by atoms with Crippen molar-refractivity contribution in [3.8, 4) is 0 Å². The van der Waals surface area contributed by atoms with E-state index in [1.165, 1.54) is 36.5 Å². The highest BCUT2D eigenvalue weighted by molar-refractivity contribution is 6.06. The molecule has 0 atom stereocenters. The molecule has 2 aromatic rings. The summed E-state index contributed by atoms with van der Waals surface area (Å²) in [4.78, 5) is 28.2. The first-order chi connectivity index (χ1) is 9.41. The third-order valence-electron chi connectivity index (χ3n) is 2.88. The number of nitrogen functional groups attached to an aromatic ring is 1. The highest BCUT2D eigenvalue weighted by Gasteiger charge is 2.21. The van der Waals surface area contributed by atoms with Gasteiger partial charge in [-0.15, -0.1) is 0 Å². The summed E-state index contributed by atoms with van der Waals surface area (Å²) in [6.45, 7) is 1.65. The normalized spacial score (nSPS) is 10.3. The fraction of sp³-hybridized carbons (Fsp3) is 0.154. The molecular formula is C13H13N3O4. The zero-order valence-corrected chi connectivity index (χ0v) is 11.0. The number of nitrogens with two attached hydrogens (primary N) is 1. The second-order valence-corrected chi connectivity index (χ2v) is 4.21. The van der Waals surface area contributed by atoms with E-state index >= 15 is 0 Å². The van der Waals surface area contributed by atoms with Crippen molar-refractivity contribution in [2.75, 3.05) is 17.7 Å². The van der Waals surface area contributed by atoms with Gasteiger partial charge in [0, 0.05) is 7.05 Å². The van der Waals surface area contributed by atoms with Crippen molar-refractivity contribution < 1.29 is 19.1 Å². The Morgan fingerprint density at radius 2 is 2.10 bits per heavy atom. The van der Waals surface area contributed by atoms with E-state index in [4.69, 9.17) is 15.3 Å². The number of aromatic nitrogens is 1. The molecule has 7 nitrogen and oxygen atoms in total. The van der Waals surface area contributed by atoms with E-state index in [0.29, 0.717) is 11.4 Å². The van der Waals surface area contributed by atoms with Crippen LogP contribution in [0.3, 0.4) is 0 Å². The summed E-state index contributed by atoms with van der Waals surface area (Å²) < 4.78 is 5.03. The molecule has 0 aliphatic rings. The number of carbonyl (C=O) groups excluding carboxylic acids is 1. The highest BCUT2D eigenvalue weighted by atomic mass is 16.4. The van der Waals surface area contributed by atoms with Crippen molar-refractivity contribution in [3.63, 3.8) is 0 Å². The number of amides is 1. The molecule has 0 spiro atoms. The van der Waals surface area contributed by atoms with Crippen molar-refractivity contribution in [2.24, 2.45) is 0 Å². The van der Waals surface area contributed by atoms with Crippen LogP contribution in [0.5, 0.6) is 0 Å². The third kappa shape index (κ3) is 2.33. The van der Waals surface area contributed by atoms with Crippen LogP contribution in [0.25, 0.3) is 0 Å². The largest absolute Gasteiger partial charge is 0.478 e. The maximum absolute atomic E-state index is 12.2. The van der Waals surface area contributed by atoms with E-state index in [-0.39, 0.29) is 17.0 Å². The van der Waals surface area contributed by atoms with Crippen LogP contribution in [-0.4, -0.2) is 29.0 Å². The second-order valence-electron chi connectivity index (χ2n) is 4.21. The summed E-state index contributed by atoms with van der Waals surface area (Å²) in [5, 5.41) is 8.88. The number of benzene rings is 1. The van der Waals surface area contributed by atoms with Gasteiger partial charge in [-0.1, -0.05) is 0 Å². The lowest BCUT2D eigenvalue weighted by atomic mass is 10.1. The Labute approximate surface area is 114 Å². The molecule has 1 amide bonds. The van der Waals surface area contributed by atoms with Gasteiger partial charge >= 0.3 is 5.97 Å². The number of carboxylic acids is 1. The molecule has 104 valence electrons. The number of aryl methyl sites for hydroxylation is 1. The summed E-state index contributed by atoms with van der Waals surface area (Å²) in [5.41, 5.74) is 6.91. The Kier molecular flexibility index (Phi) is 3.43. The van der Waals surface area contributed by atoms with Gasteiger partial charge in [-0.2, -0.15) is 0 Å². The zero-order valence-electron chi connectivity index (χ0n) is 11.0. The zero-order chi connectivity index (χ0) is 14.9. The summed E-state index contributed by atoms with van der Waals surface area (Å²) in [6.07, 6.45) is 1.19. The average molecular weight is 275 g/mol. The van der Waals surface area contributed by atoms with Crippen LogP contribution in [0.15, 0.2) is 29.0 Å². The number of carbonyl (C=O) groups is 2. The van der Waals surface area contributed by atoms with Crippen LogP contribution in [0.2, 0.25) is 0 Å². The summed E-state index contributed by atoms with van der Waals surface area (Å²) >= 11 is 0. The third-order valence-corrected chi connectivity index (χ3v) is 2.88. The molecule has 0 fully saturated rings. The Hall–Kier alpha value is -2.83. The number of hydrogen-bond donors (Lipinski definition) is 2. The predicted molar refractivity (Wildman–Crippen MR) is 71.8 cm³/mol. The van der Waals surface area contributed by atoms with Gasteiger partial charge < -0.3 is 20.2 Å². The quantitative estimate of drug-likeness (QED) is 0.822. The molecular weight excluding hydrogens is 262 g/mol. The molecule has 0 radical (unpaired) electrons. The van der Waals surface area contributed by atoms with Crippen LogP contribution in [-0.2, 0) is 0 Å². The SMILES string of the molecule is Cc1ncoc1C(=O)N(C)c1ccc(C(=O)O)cc1N. The van der Waals surface area contributed by atoms with Gasteiger partial charge in [0.05, 0.1) is 22.6 Å². The van der Waals surface area contributed by atoms with Crippen LogP contribution in [0.1, 0.15) is 26.6 Å². The number of anilines is 2. The number of aromatic carboxylic acids is 1. The molecule has 1 aromatic heterocycles. The fourth-order valence-electron chi connectivity index (χ4n) is 1.76. The first-order valence-electron chi connectivity index (χ1n) is 5.72. The molecule has 7 heteroatoms. The minimum atomic E-state index is -1.08. The molecule has 2 rings (SSSR count). The van der Waals surface area contributed by atoms with Gasteiger partial charge in [-0.3, -0.25) is 4.79 Å². The second kappa shape index (κ2) is 5.04. The number of hydrogen-bond acceptors (Lipinski definition) is 5. The lowest BCUT2D eigenvalue weighted by Gasteiger charge is -2.18. The van der Waals surface area contributed by atoms with Crippen LogP contribution in [0.4, 0.5) is 11.4 Å². The van der Waals surface area contributed by atoms with Crippen LogP contribution in [0, 0.1) is 6.92 Å². The van der Waals surface area contributed by atoms with Crippen molar-refractivity contribution in [1.82, 2.24) is 4.98 Å². The predicted octanol–water partition coefficient (Wildman–Crippen LogP) is 1.54. The summed E-state index contributed by atoms with van der Waals surface area (Å²) in [6, 6.07) is 4.15. The minimum absolute atomic E-state index is 0.0583. The first-order valence-corrected chi connectivity index (χ1v) is 5.72. The van der Waals surface area contributed by atoms with E-state index in [2.05, 4.69) is 4.98 Å². The number of nitrogens with zero attached hydrogens (tertiary/aromatic N) is 2. The molecule has 0 aliphatic carbocycles. The molecule has 0 saturated heterocycles. The smallest absolute Gasteiger partial charge is 0.335 e. The maximum atomic E-state index is 12.2. The fourth-order valence-corrected chi connectivity index (χ4v) is 1.76. The molecule has 3 N–H and O–H groups in total. The summed E-state index contributed by atoms with van der Waals surface area (Å²) in [5.74, 6) is -1.37. The van der Waals surface area contributed by atoms with Crippen molar-refractivity contribution in [3.05, 3.63) is 41.6 Å². The van der Waals surface area contributed by atoms with Gasteiger partial charge in [0.1, 0.15) is 0 Å². The lowest BCUT2D eigenvalue weighted by molar-refractivity contribution is 0.0697. The van der Waals surface area contributed by atoms with Gasteiger partial charge in [0.25, 0.3) is 5.91 Å².